The van der Waals surface area contributed by atoms with Gasteiger partial charge in [0.2, 0.25) is 5.91 Å². The van der Waals surface area contributed by atoms with Crippen LogP contribution in [0.15, 0.2) is 0 Å². The standard InChI is InChI=1S/C17H33N3O/c1-14(17(21)19-16-6-4-3-5-7-16)20-12-9-15(10-13-20)8-11-18-2/h14-16,18H,3-13H2,1-2H3,(H,19,21). The molecule has 0 aromatic carbocycles. The maximum atomic E-state index is 12.4. The summed E-state index contributed by atoms with van der Waals surface area (Å²) in [5.41, 5.74) is 0. The van der Waals surface area contributed by atoms with Crippen LogP contribution in [0.4, 0.5) is 0 Å². The van der Waals surface area contributed by atoms with Gasteiger partial charge in [-0.3, -0.25) is 9.69 Å². The van der Waals surface area contributed by atoms with E-state index >= 15 is 0 Å². The Bertz CT molecular complexity index is 307. The number of carbonyl (C=O) groups excluding carboxylic acids is 1. The van der Waals surface area contributed by atoms with Gasteiger partial charge in [-0.2, -0.15) is 0 Å². The molecule has 1 aliphatic heterocycles. The molecule has 0 aromatic heterocycles. The van der Waals surface area contributed by atoms with Crippen molar-refractivity contribution in [1.29, 1.82) is 0 Å². The lowest BCUT2D eigenvalue weighted by Gasteiger charge is -2.36. The van der Waals surface area contributed by atoms with Gasteiger partial charge in [-0.15, -0.1) is 0 Å². The molecule has 2 rings (SSSR count). The van der Waals surface area contributed by atoms with Gasteiger partial charge >= 0.3 is 0 Å². The molecule has 1 saturated heterocycles. The zero-order valence-corrected chi connectivity index (χ0v) is 13.9. The molecule has 2 N–H and O–H groups in total. The predicted octanol–water partition coefficient (Wildman–Crippen LogP) is 2.15. The lowest BCUT2D eigenvalue weighted by Crippen LogP contribution is -2.50. The van der Waals surface area contributed by atoms with Crippen molar-refractivity contribution in [3.63, 3.8) is 0 Å². The van der Waals surface area contributed by atoms with Crippen molar-refractivity contribution >= 4 is 5.91 Å². The zero-order chi connectivity index (χ0) is 15.1. The fraction of sp³-hybridized carbons (Fsp3) is 0.941. The number of amides is 1. The largest absolute Gasteiger partial charge is 0.352 e. The van der Waals surface area contributed by atoms with E-state index in [2.05, 4.69) is 22.5 Å². The molecule has 1 aliphatic carbocycles. The molecule has 1 heterocycles. The third-order valence-electron chi connectivity index (χ3n) is 5.33. The van der Waals surface area contributed by atoms with Crippen molar-refractivity contribution in [2.24, 2.45) is 5.92 Å². The van der Waals surface area contributed by atoms with E-state index in [1.54, 1.807) is 0 Å². The molecule has 0 spiro atoms. The minimum Gasteiger partial charge on any atom is -0.352 e. The SMILES string of the molecule is CNCCC1CCN(C(C)C(=O)NC2CCCCC2)CC1. The van der Waals surface area contributed by atoms with Gasteiger partial charge in [-0.1, -0.05) is 19.3 Å². The van der Waals surface area contributed by atoms with Crippen LogP contribution in [0.5, 0.6) is 0 Å². The third kappa shape index (κ3) is 5.26. The van der Waals surface area contributed by atoms with Crippen LogP contribution in [0.1, 0.15) is 58.3 Å². The van der Waals surface area contributed by atoms with E-state index in [4.69, 9.17) is 0 Å². The van der Waals surface area contributed by atoms with Gasteiger partial charge in [0.05, 0.1) is 6.04 Å². The van der Waals surface area contributed by atoms with Crippen molar-refractivity contribution in [3.8, 4) is 0 Å². The lowest BCUT2D eigenvalue weighted by atomic mass is 9.92. The van der Waals surface area contributed by atoms with Gasteiger partial charge in [0, 0.05) is 6.04 Å². The number of likely N-dealkylation sites (tertiary alicyclic amines) is 1. The summed E-state index contributed by atoms with van der Waals surface area (Å²) in [5, 5.41) is 6.51. The monoisotopic (exact) mass is 295 g/mol. The van der Waals surface area contributed by atoms with Crippen LogP contribution >= 0.6 is 0 Å². The van der Waals surface area contributed by atoms with E-state index in [0.717, 1.165) is 25.6 Å². The molecule has 1 saturated carbocycles. The molecule has 0 radical (unpaired) electrons. The summed E-state index contributed by atoms with van der Waals surface area (Å²) in [5.74, 6) is 1.08. The summed E-state index contributed by atoms with van der Waals surface area (Å²) in [6.45, 7) is 5.34. The second-order valence-electron chi connectivity index (χ2n) is 6.89. The predicted molar refractivity (Wildman–Crippen MR) is 87.3 cm³/mol. The number of nitrogens with zero attached hydrogens (tertiary/aromatic N) is 1. The summed E-state index contributed by atoms with van der Waals surface area (Å²) in [7, 11) is 2.02. The van der Waals surface area contributed by atoms with Crippen molar-refractivity contribution in [3.05, 3.63) is 0 Å². The number of rotatable bonds is 6. The highest BCUT2D eigenvalue weighted by Gasteiger charge is 2.27. The number of nitrogens with one attached hydrogen (secondary N) is 2. The van der Waals surface area contributed by atoms with Gasteiger partial charge in [0.15, 0.2) is 0 Å². The van der Waals surface area contributed by atoms with Crippen LogP contribution in [-0.2, 0) is 4.79 Å². The Labute approximate surface area is 130 Å². The molecule has 2 aliphatic rings. The average molecular weight is 295 g/mol. The van der Waals surface area contributed by atoms with E-state index in [9.17, 15) is 4.79 Å². The minimum atomic E-state index is 0.0391. The maximum Gasteiger partial charge on any atom is 0.237 e. The average Bonchev–Trinajstić information content (AvgIpc) is 2.53. The molecule has 2 fully saturated rings. The smallest absolute Gasteiger partial charge is 0.237 e. The molecule has 4 heteroatoms. The highest BCUT2D eigenvalue weighted by molar-refractivity contribution is 5.81. The Morgan fingerprint density at radius 2 is 1.81 bits per heavy atom. The molecular formula is C17H33N3O. The first-order chi connectivity index (χ1) is 10.2. The van der Waals surface area contributed by atoms with Crippen LogP contribution in [0.3, 0.4) is 0 Å². The molecule has 4 nitrogen and oxygen atoms in total. The Hall–Kier alpha value is -0.610. The van der Waals surface area contributed by atoms with Gasteiger partial charge < -0.3 is 10.6 Å². The highest BCUT2D eigenvalue weighted by Crippen LogP contribution is 2.22. The molecule has 0 bridgehead atoms. The van der Waals surface area contributed by atoms with Crippen LogP contribution in [0.25, 0.3) is 0 Å². The van der Waals surface area contributed by atoms with E-state index in [1.165, 1.54) is 51.4 Å². The van der Waals surface area contributed by atoms with Crippen LogP contribution in [0.2, 0.25) is 0 Å². The Kier molecular flexibility index (Phi) is 6.97. The van der Waals surface area contributed by atoms with E-state index in [0.29, 0.717) is 6.04 Å². The quantitative estimate of drug-likeness (QED) is 0.789. The molecule has 1 unspecified atom stereocenters. The van der Waals surface area contributed by atoms with E-state index < -0.39 is 0 Å². The van der Waals surface area contributed by atoms with Gasteiger partial charge in [-0.25, -0.2) is 0 Å². The number of carbonyl (C=O) groups is 1. The van der Waals surface area contributed by atoms with Gasteiger partial charge in [0.1, 0.15) is 0 Å². The van der Waals surface area contributed by atoms with Crippen molar-refractivity contribution in [1.82, 2.24) is 15.5 Å². The minimum absolute atomic E-state index is 0.0391. The maximum absolute atomic E-state index is 12.4. The van der Waals surface area contributed by atoms with E-state index in [1.807, 2.05) is 7.05 Å². The Morgan fingerprint density at radius 1 is 1.14 bits per heavy atom. The van der Waals surface area contributed by atoms with Gasteiger partial charge in [0.25, 0.3) is 0 Å². The normalized spacial score (nSPS) is 23.9. The second-order valence-corrected chi connectivity index (χ2v) is 6.89. The second kappa shape index (κ2) is 8.74. The summed E-state index contributed by atoms with van der Waals surface area (Å²) in [6, 6.07) is 0.471. The van der Waals surface area contributed by atoms with Crippen LogP contribution in [0, 0.1) is 5.92 Å². The van der Waals surface area contributed by atoms with Crippen LogP contribution < -0.4 is 10.6 Å². The van der Waals surface area contributed by atoms with Gasteiger partial charge in [-0.05, 0) is 71.6 Å². The first-order valence-corrected chi connectivity index (χ1v) is 8.89. The molecular weight excluding hydrogens is 262 g/mol. The number of hydrogen-bond donors (Lipinski definition) is 2. The third-order valence-corrected chi connectivity index (χ3v) is 5.33. The zero-order valence-electron chi connectivity index (χ0n) is 13.9. The topological polar surface area (TPSA) is 44.4 Å². The van der Waals surface area contributed by atoms with E-state index in [-0.39, 0.29) is 11.9 Å². The fourth-order valence-electron chi connectivity index (χ4n) is 3.71. The van der Waals surface area contributed by atoms with Crippen molar-refractivity contribution in [2.75, 3.05) is 26.7 Å². The Balaban J connectivity index is 1.70. The molecule has 1 amide bonds. The lowest BCUT2D eigenvalue weighted by molar-refractivity contribution is -0.127. The summed E-state index contributed by atoms with van der Waals surface area (Å²) >= 11 is 0. The van der Waals surface area contributed by atoms with Crippen molar-refractivity contribution < 1.29 is 4.79 Å². The molecule has 1 atom stereocenters. The number of piperidine rings is 1. The first kappa shape index (κ1) is 16.8. The Morgan fingerprint density at radius 3 is 2.43 bits per heavy atom. The summed E-state index contributed by atoms with van der Waals surface area (Å²) in [4.78, 5) is 14.8. The highest BCUT2D eigenvalue weighted by atomic mass is 16.2. The first-order valence-electron chi connectivity index (χ1n) is 8.89. The summed E-state index contributed by atoms with van der Waals surface area (Å²) in [6.07, 6.45) is 9.97. The number of hydrogen-bond acceptors (Lipinski definition) is 3. The van der Waals surface area contributed by atoms with Crippen molar-refractivity contribution in [2.45, 2.75) is 70.4 Å². The molecule has 0 aromatic rings. The van der Waals surface area contributed by atoms with Crippen LogP contribution in [-0.4, -0.2) is 49.6 Å². The fourth-order valence-corrected chi connectivity index (χ4v) is 3.71. The molecule has 21 heavy (non-hydrogen) atoms. The molecule has 122 valence electrons. The summed E-state index contributed by atoms with van der Waals surface area (Å²) < 4.78 is 0.